The van der Waals surface area contributed by atoms with Crippen molar-refractivity contribution >= 4 is 22.1 Å². The standard InChI is InChI=1S/C11H12N2O3.C11H12N2O2/c1-7(2)12-8-5-3-4-6-9(8)13(16)11(15)10(12)14;1-7(2)13-9-6-4-3-5-8(9)12-10(14)11(13)15/h3-7,16H,1-2H3;3-7H,1-2H3,(H,12,14). The number of aromatic amines is 1. The monoisotopic (exact) mass is 424 g/mol. The van der Waals surface area contributed by atoms with Gasteiger partial charge in [-0.2, -0.15) is 0 Å². The first kappa shape index (κ1) is 21.8. The average Bonchev–Trinajstić information content (AvgIpc) is 2.73. The Bertz CT molecular complexity index is 1490. The topological polar surface area (TPSA) is 119 Å². The van der Waals surface area contributed by atoms with Crippen LogP contribution in [0, 0.1) is 0 Å². The molecule has 2 heterocycles. The molecule has 0 fully saturated rings. The van der Waals surface area contributed by atoms with Crippen LogP contribution in [-0.2, 0) is 0 Å². The summed E-state index contributed by atoms with van der Waals surface area (Å²) in [7, 11) is 0. The van der Waals surface area contributed by atoms with Crippen molar-refractivity contribution in [2.45, 2.75) is 39.8 Å². The zero-order valence-corrected chi connectivity index (χ0v) is 17.7. The van der Waals surface area contributed by atoms with Gasteiger partial charge in [-0.3, -0.25) is 28.3 Å². The van der Waals surface area contributed by atoms with Crippen LogP contribution in [0.3, 0.4) is 0 Å². The van der Waals surface area contributed by atoms with Crippen molar-refractivity contribution in [3.63, 3.8) is 0 Å². The molecule has 0 saturated heterocycles. The minimum absolute atomic E-state index is 0.0234. The van der Waals surface area contributed by atoms with Crippen LogP contribution < -0.4 is 22.2 Å². The van der Waals surface area contributed by atoms with Gasteiger partial charge in [0.05, 0.1) is 16.6 Å². The van der Waals surface area contributed by atoms with Gasteiger partial charge in [0, 0.05) is 12.1 Å². The molecule has 4 rings (SSSR count). The van der Waals surface area contributed by atoms with Gasteiger partial charge in [0.2, 0.25) is 0 Å². The Balaban J connectivity index is 0.000000176. The molecule has 9 nitrogen and oxygen atoms in total. The molecule has 0 unspecified atom stereocenters. The number of benzene rings is 2. The summed E-state index contributed by atoms with van der Waals surface area (Å²) in [5.41, 5.74) is -0.368. The van der Waals surface area contributed by atoms with Crippen LogP contribution in [0.5, 0.6) is 0 Å². The molecule has 0 amide bonds. The van der Waals surface area contributed by atoms with Crippen molar-refractivity contribution in [3.8, 4) is 0 Å². The lowest BCUT2D eigenvalue weighted by atomic mass is 10.2. The van der Waals surface area contributed by atoms with Crippen molar-refractivity contribution in [2.75, 3.05) is 0 Å². The number of aromatic nitrogens is 4. The highest BCUT2D eigenvalue weighted by atomic mass is 16.5. The summed E-state index contributed by atoms with van der Waals surface area (Å²) in [6.07, 6.45) is 0. The molecular weight excluding hydrogens is 400 g/mol. The van der Waals surface area contributed by atoms with Gasteiger partial charge in [-0.25, -0.2) is 0 Å². The number of rotatable bonds is 2. The van der Waals surface area contributed by atoms with Crippen LogP contribution in [0.15, 0.2) is 67.7 Å². The fraction of sp³-hybridized carbons (Fsp3) is 0.273. The molecular formula is C22H24N4O5. The molecule has 0 aliphatic carbocycles. The summed E-state index contributed by atoms with van der Waals surface area (Å²) < 4.78 is 3.29. The van der Waals surface area contributed by atoms with E-state index in [-0.39, 0.29) is 12.1 Å². The second-order valence-corrected chi connectivity index (χ2v) is 7.61. The van der Waals surface area contributed by atoms with Crippen LogP contribution in [0.1, 0.15) is 39.8 Å². The Kier molecular flexibility index (Phi) is 5.96. The highest BCUT2D eigenvalue weighted by Gasteiger charge is 2.13. The van der Waals surface area contributed by atoms with E-state index in [4.69, 9.17) is 0 Å². The SMILES string of the molecule is CC(C)n1c(=O)c(=O)[nH]c2ccccc21.CC(C)n1c(=O)c(=O)n(O)c2ccccc21. The molecule has 0 aliphatic rings. The van der Waals surface area contributed by atoms with E-state index in [0.717, 1.165) is 5.52 Å². The first-order chi connectivity index (χ1) is 14.6. The van der Waals surface area contributed by atoms with Gasteiger partial charge in [-0.15, -0.1) is 4.73 Å². The van der Waals surface area contributed by atoms with E-state index in [1.54, 1.807) is 30.3 Å². The zero-order chi connectivity index (χ0) is 22.9. The van der Waals surface area contributed by atoms with Gasteiger partial charge in [0.15, 0.2) is 0 Å². The van der Waals surface area contributed by atoms with Gasteiger partial charge in [0.25, 0.3) is 0 Å². The number of hydrogen-bond donors (Lipinski definition) is 2. The Morgan fingerprint density at radius 3 is 1.74 bits per heavy atom. The van der Waals surface area contributed by atoms with E-state index in [9.17, 15) is 24.4 Å². The van der Waals surface area contributed by atoms with Crippen LogP contribution in [0.25, 0.3) is 22.1 Å². The van der Waals surface area contributed by atoms with E-state index in [1.165, 1.54) is 9.13 Å². The normalized spacial score (nSPS) is 11.2. The first-order valence-electron chi connectivity index (χ1n) is 9.84. The molecule has 162 valence electrons. The molecule has 0 spiro atoms. The minimum Gasteiger partial charge on any atom is -0.425 e. The summed E-state index contributed by atoms with van der Waals surface area (Å²) >= 11 is 0. The summed E-state index contributed by atoms with van der Waals surface area (Å²) in [4.78, 5) is 48.8. The first-order valence-corrected chi connectivity index (χ1v) is 9.84. The van der Waals surface area contributed by atoms with Gasteiger partial charge in [-0.1, -0.05) is 24.3 Å². The highest BCUT2D eigenvalue weighted by Crippen LogP contribution is 2.13. The van der Waals surface area contributed by atoms with Crippen molar-refractivity contribution in [3.05, 3.63) is 89.9 Å². The number of H-pyrrole nitrogens is 1. The largest absolute Gasteiger partial charge is 0.425 e. The molecule has 0 aliphatic heterocycles. The molecule has 4 aromatic rings. The summed E-state index contributed by atoms with van der Waals surface area (Å²) in [6, 6.07) is 13.9. The predicted molar refractivity (Wildman–Crippen MR) is 119 cm³/mol. The number of fused-ring (bicyclic) bond motifs is 2. The van der Waals surface area contributed by atoms with Crippen molar-refractivity contribution < 1.29 is 5.21 Å². The van der Waals surface area contributed by atoms with Crippen LogP contribution in [-0.4, -0.2) is 24.1 Å². The molecule has 9 heteroatoms. The molecule has 2 aromatic heterocycles. The molecule has 0 bridgehead atoms. The van der Waals surface area contributed by atoms with Gasteiger partial charge >= 0.3 is 22.2 Å². The maximum absolute atomic E-state index is 11.7. The second-order valence-electron chi connectivity index (χ2n) is 7.61. The average molecular weight is 424 g/mol. The molecule has 2 N–H and O–H groups in total. The van der Waals surface area contributed by atoms with E-state index in [1.807, 2.05) is 45.9 Å². The van der Waals surface area contributed by atoms with Gasteiger partial charge in [-0.05, 0) is 52.0 Å². The minimum atomic E-state index is -0.924. The summed E-state index contributed by atoms with van der Waals surface area (Å²) in [5.74, 6) is 0. The maximum atomic E-state index is 11.7. The Morgan fingerprint density at radius 1 is 0.677 bits per heavy atom. The van der Waals surface area contributed by atoms with Crippen molar-refractivity contribution in [1.29, 1.82) is 0 Å². The third-order valence-corrected chi connectivity index (χ3v) is 4.82. The van der Waals surface area contributed by atoms with Crippen molar-refractivity contribution in [1.82, 2.24) is 18.8 Å². The molecule has 2 aromatic carbocycles. The fourth-order valence-corrected chi connectivity index (χ4v) is 3.47. The Labute approximate surface area is 176 Å². The molecule has 31 heavy (non-hydrogen) atoms. The molecule has 0 atom stereocenters. The van der Waals surface area contributed by atoms with Gasteiger partial charge in [0.1, 0.15) is 5.52 Å². The van der Waals surface area contributed by atoms with E-state index >= 15 is 0 Å². The van der Waals surface area contributed by atoms with Crippen LogP contribution in [0.2, 0.25) is 0 Å². The summed E-state index contributed by atoms with van der Waals surface area (Å²) in [6.45, 7) is 7.39. The highest BCUT2D eigenvalue weighted by molar-refractivity contribution is 5.75. The molecule has 0 saturated carbocycles. The van der Waals surface area contributed by atoms with Gasteiger partial charge < -0.3 is 10.2 Å². The Morgan fingerprint density at radius 2 is 1.16 bits per heavy atom. The lowest BCUT2D eigenvalue weighted by Gasteiger charge is -2.14. The maximum Gasteiger partial charge on any atom is 0.349 e. The quantitative estimate of drug-likeness (QED) is 0.378. The number of hydrogen-bond acceptors (Lipinski definition) is 5. The smallest absolute Gasteiger partial charge is 0.349 e. The van der Waals surface area contributed by atoms with E-state index < -0.39 is 22.2 Å². The third-order valence-electron chi connectivity index (χ3n) is 4.82. The number of nitrogens with zero attached hydrogens (tertiary/aromatic N) is 3. The summed E-state index contributed by atoms with van der Waals surface area (Å²) in [5, 5.41) is 9.54. The van der Waals surface area contributed by atoms with Crippen LogP contribution in [0.4, 0.5) is 0 Å². The lowest BCUT2D eigenvalue weighted by Crippen LogP contribution is -2.41. The number of nitrogens with one attached hydrogen (secondary N) is 1. The number of para-hydroxylation sites is 4. The Hall–Kier alpha value is -3.88. The molecule has 0 radical (unpaired) electrons. The van der Waals surface area contributed by atoms with Crippen molar-refractivity contribution in [2.24, 2.45) is 0 Å². The second kappa shape index (κ2) is 8.47. The van der Waals surface area contributed by atoms with Crippen LogP contribution >= 0.6 is 0 Å². The predicted octanol–water partition coefficient (Wildman–Crippen LogP) is 2.25. The fourth-order valence-electron chi connectivity index (χ4n) is 3.47. The third kappa shape index (κ3) is 3.94. The zero-order valence-electron chi connectivity index (χ0n) is 17.7. The lowest BCUT2D eigenvalue weighted by molar-refractivity contribution is 0.185. The van der Waals surface area contributed by atoms with E-state index in [0.29, 0.717) is 21.3 Å². The van der Waals surface area contributed by atoms with E-state index in [2.05, 4.69) is 4.98 Å².